The molecule has 0 unspecified atom stereocenters. The van der Waals surface area contributed by atoms with Gasteiger partial charge >= 0.3 is 7.60 Å². The third-order valence-corrected chi connectivity index (χ3v) is 1.28. The summed E-state index contributed by atoms with van der Waals surface area (Å²) in [5, 5.41) is 18.5. The van der Waals surface area contributed by atoms with Gasteiger partial charge in [-0.3, -0.25) is 4.57 Å². The molecule has 5 N–H and O–H groups in total. The van der Waals surface area contributed by atoms with Gasteiger partial charge in [0.05, 0.1) is 6.29 Å². The highest BCUT2D eigenvalue weighted by molar-refractivity contribution is 7.51. The lowest BCUT2D eigenvalue weighted by Crippen LogP contribution is -2.26. The number of aliphatic hydroxyl groups is 2. The molecule has 0 aliphatic heterocycles. The maximum Gasteiger partial charge on any atom is 0.339 e. The van der Waals surface area contributed by atoms with Crippen molar-refractivity contribution >= 4 is 7.60 Å². The number of rotatable bonds is 4. The number of hydrogen-bond donors (Lipinski definition) is 5. The molecule has 0 aliphatic rings. The molecule has 0 saturated carbocycles. The average molecular weight is 171 g/mol. The smallest absolute Gasteiger partial charge is 0.339 e. The van der Waals surface area contributed by atoms with Crippen LogP contribution < -0.4 is 5.32 Å². The molecular formula is C3H10NO5P. The number of nitrogens with one attached hydrogen (secondary N) is 1. The third kappa shape index (κ3) is 8.03. The van der Waals surface area contributed by atoms with Gasteiger partial charge in [0, 0.05) is 6.54 Å². The first-order valence-electron chi connectivity index (χ1n) is 2.53. The van der Waals surface area contributed by atoms with Gasteiger partial charge in [-0.05, 0) is 0 Å². The molecule has 0 aromatic carbocycles. The van der Waals surface area contributed by atoms with E-state index in [0.717, 1.165) is 0 Å². The fourth-order valence-electron chi connectivity index (χ4n) is 0.339. The highest BCUT2D eigenvalue weighted by Crippen LogP contribution is 2.31. The van der Waals surface area contributed by atoms with Gasteiger partial charge in [-0.2, -0.15) is 0 Å². The van der Waals surface area contributed by atoms with Gasteiger partial charge in [0.15, 0.2) is 6.29 Å². The zero-order valence-corrected chi connectivity index (χ0v) is 6.03. The summed E-state index contributed by atoms with van der Waals surface area (Å²) in [5.74, 6) is 0. The van der Waals surface area contributed by atoms with Gasteiger partial charge in [0.2, 0.25) is 0 Å². The fourth-order valence-corrected chi connectivity index (χ4v) is 0.760. The van der Waals surface area contributed by atoms with Crippen LogP contribution >= 0.6 is 7.60 Å². The van der Waals surface area contributed by atoms with Crippen LogP contribution in [-0.2, 0) is 4.57 Å². The van der Waals surface area contributed by atoms with E-state index in [1.165, 1.54) is 0 Å². The molecule has 0 heterocycles. The third-order valence-electron chi connectivity index (χ3n) is 0.645. The van der Waals surface area contributed by atoms with E-state index in [-0.39, 0.29) is 6.54 Å². The Morgan fingerprint density at radius 2 is 1.90 bits per heavy atom. The van der Waals surface area contributed by atoms with Crippen LogP contribution in [-0.4, -0.2) is 39.1 Å². The van der Waals surface area contributed by atoms with Crippen molar-refractivity contribution in [2.75, 3.05) is 12.8 Å². The number of aliphatic hydroxyl groups excluding tert-OH is 1. The second kappa shape index (κ2) is 4.02. The first-order valence-corrected chi connectivity index (χ1v) is 4.33. The van der Waals surface area contributed by atoms with Crippen LogP contribution in [0.15, 0.2) is 0 Å². The summed E-state index contributed by atoms with van der Waals surface area (Å²) in [5.41, 5.74) is 0. The molecule has 0 bridgehead atoms. The van der Waals surface area contributed by atoms with Gasteiger partial charge in [-0.15, -0.1) is 0 Å². The zero-order valence-electron chi connectivity index (χ0n) is 5.14. The summed E-state index contributed by atoms with van der Waals surface area (Å²) in [4.78, 5) is 16.4. The lowest BCUT2D eigenvalue weighted by molar-refractivity contribution is -0.0363. The Bertz CT molecular complexity index is 131. The van der Waals surface area contributed by atoms with Gasteiger partial charge in [-0.25, -0.2) is 0 Å². The lowest BCUT2D eigenvalue weighted by Gasteiger charge is -2.06. The van der Waals surface area contributed by atoms with Crippen LogP contribution in [0.25, 0.3) is 0 Å². The minimum absolute atomic E-state index is 0.245. The first kappa shape index (κ1) is 10.0. The van der Waals surface area contributed by atoms with Gasteiger partial charge in [-0.1, -0.05) is 0 Å². The minimum Gasteiger partial charge on any atom is -0.367 e. The van der Waals surface area contributed by atoms with E-state index in [2.05, 4.69) is 5.32 Å². The van der Waals surface area contributed by atoms with Gasteiger partial charge < -0.3 is 25.3 Å². The van der Waals surface area contributed by atoms with Crippen molar-refractivity contribution in [3.8, 4) is 0 Å². The van der Waals surface area contributed by atoms with E-state index in [0.29, 0.717) is 0 Å². The Morgan fingerprint density at radius 1 is 1.40 bits per heavy atom. The lowest BCUT2D eigenvalue weighted by atomic mass is 10.6. The monoisotopic (exact) mass is 171 g/mol. The van der Waals surface area contributed by atoms with Crippen molar-refractivity contribution in [2.24, 2.45) is 0 Å². The molecule has 0 fully saturated rings. The Hall–Kier alpha value is 0.0300. The van der Waals surface area contributed by atoms with Crippen molar-refractivity contribution in [3.05, 3.63) is 0 Å². The van der Waals surface area contributed by atoms with E-state index in [9.17, 15) is 4.57 Å². The summed E-state index contributed by atoms with van der Waals surface area (Å²) < 4.78 is 10.1. The summed E-state index contributed by atoms with van der Waals surface area (Å²) >= 11 is 0. The Morgan fingerprint density at radius 3 is 2.20 bits per heavy atom. The van der Waals surface area contributed by atoms with Gasteiger partial charge in [0.25, 0.3) is 0 Å². The second-order valence-electron chi connectivity index (χ2n) is 1.76. The molecule has 6 nitrogen and oxygen atoms in total. The van der Waals surface area contributed by atoms with Crippen molar-refractivity contribution in [2.45, 2.75) is 6.29 Å². The minimum atomic E-state index is -4.06. The predicted molar refractivity (Wildman–Crippen MR) is 33.1 cm³/mol. The predicted octanol–water partition coefficient (Wildman–Crippen LogP) is -1.98. The van der Waals surface area contributed by atoms with Crippen molar-refractivity contribution in [3.63, 3.8) is 0 Å². The fraction of sp³-hybridized carbons (Fsp3) is 1.00. The normalized spacial score (nSPS) is 12.5. The largest absolute Gasteiger partial charge is 0.367 e. The maximum absolute atomic E-state index is 10.1. The molecule has 10 heavy (non-hydrogen) atoms. The summed E-state index contributed by atoms with van der Waals surface area (Å²) in [7, 11) is -4.06. The van der Waals surface area contributed by atoms with Gasteiger partial charge in [0.1, 0.15) is 0 Å². The summed E-state index contributed by atoms with van der Waals surface area (Å²) in [6.07, 6.45) is -2.11. The molecule has 0 rings (SSSR count). The van der Waals surface area contributed by atoms with E-state index in [1.54, 1.807) is 0 Å². The zero-order chi connectivity index (χ0) is 8.20. The molecule has 0 radical (unpaired) electrons. The van der Waals surface area contributed by atoms with Crippen LogP contribution in [0, 0.1) is 0 Å². The summed E-state index contributed by atoms with van der Waals surface area (Å²) in [6, 6.07) is 0. The molecule has 0 atom stereocenters. The van der Waals surface area contributed by atoms with Crippen LogP contribution in [0.3, 0.4) is 0 Å². The quantitative estimate of drug-likeness (QED) is 0.248. The van der Waals surface area contributed by atoms with Crippen LogP contribution in [0.2, 0.25) is 0 Å². The highest BCUT2D eigenvalue weighted by atomic mass is 31.2. The summed E-state index contributed by atoms with van der Waals surface area (Å²) in [6.45, 7) is -0.245. The average Bonchev–Trinajstić information content (AvgIpc) is 1.59. The van der Waals surface area contributed by atoms with E-state index in [4.69, 9.17) is 20.0 Å². The Labute approximate surface area is 57.7 Å². The van der Waals surface area contributed by atoms with Crippen molar-refractivity contribution < 1.29 is 24.6 Å². The molecular weight excluding hydrogens is 161 g/mol. The van der Waals surface area contributed by atoms with E-state index in [1.807, 2.05) is 0 Å². The molecule has 0 amide bonds. The number of hydrogen-bond acceptors (Lipinski definition) is 4. The standard InChI is InChI=1S/C3H10NO5P/c5-3(6)1-4-2-10(7,8)9/h3-6H,1-2H2,(H2,7,8,9). The molecule has 0 spiro atoms. The maximum atomic E-state index is 10.1. The highest BCUT2D eigenvalue weighted by Gasteiger charge is 2.11. The van der Waals surface area contributed by atoms with Crippen LogP contribution in [0.5, 0.6) is 0 Å². The molecule has 0 aromatic heterocycles. The van der Waals surface area contributed by atoms with Crippen molar-refractivity contribution in [1.82, 2.24) is 5.32 Å². The Kier molecular flexibility index (Phi) is 4.04. The molecule has 0 saturated heterocycles. The van der Waals surface area contributed by atoms with E-state index >= 15 is 0 Å². The van der Waals surface area contributed by atoms with Crippen molar-refractivity contribution in [1.29, 1.82) is 0 Å². The topological polar surface area (TPSA) is 110 Å². The molecule has 0 aliphatic carbocycles. The SMILES string of the molecule is O=P(O)(O)CNCC(O)O. The Balaban J connectivity index is 3.30. The molecule has 0 aromatic rings. The van der Waals surface area contributed by atoms with Crippen LogP contribution in [0.1, 0.15) is 0 Å². The van der Waals surface area contributed by atoms with Crippen LogP contribution in [0.4, 0.5) is 0 Å². The molecule has 62 valence electrons. The molecule has 7 heteroatoms. The van der Waals surface area contributed by atoms with E-state index < -0.39 is 20.2 Å². The second-order valence-corrected chi connectivity index (χ2v) is 3.40. The first-order chi connectivity index (χ1) is 4.42.